The zero-order valence-corrected chi connectivity index (χ0v) is 12.6. The summed E-state index contributed by atoms with van der Waals surface area (Å²) < 4.78 is 0. The average molecular weight is 307 g/mol. The van der Waals surface area contributed by atoms with Crippen molar-refractivity contribution in [1.82, 2.24) is 0 Å². The summed E-state index contributed by atoms with van der Waals surface area (Å²) in [6.07, 6.45) is 6.61. The van der Waals surface area contributed by atoms with Gasteiger partial charge in [0.2, 0.25) is 0 Å². The fraction of sp³-hybridized carbons (Fsp3) is 0.625. The van der Waals surface area contributed by atoms with E-state index in [0.717, 1.165) is 11.8 Å². The van der Waals surface area contributed by atoms with E-state index >= 15 is 0 Å². The van der Waals surface area contributed by atoms with Gasteiger partial charge in [0.25, 0.3) is 5.69 Å². The lowest BCUT2D eigenvalue weighted by Gasteiger charge is -2.54. The first-order valence-corrected chi connectivity index (χ1v) is 8.18. The number of nitro benzene ring substituents is 1. The van der Waals surface area contributed by atoms with Crippen LogP contribution in [0.15, 0.2) is 18.2 Å². The van der Waals surface area contributed by atoms with Gasteiger partial charge in [-0.3, -0.25) is 10.1 Å². The van der Waals surface area contributed by atoms with Crippen LogP contribution in [-0.4, -0.2) is 11.0 Å². The van der Waals surface area contributed by atoms with Gasteiger partial charge in [-0.05, 0) is 67.9 Å². The minimum Gasteiger partial charge on any atom is -0.376 e. The summed E-state index contributed by atoms with van der Waals surface area (Å²) in [6, 6.07) is 5.33. The highest BCUT2D eigenvalue weighted by molar-refractivity contribution is 6.30. The van der Waals surface area contributed by atoms with E-state index in [-0.39, 0.29) is 10.6 Å². The molecule has 4 saturated carbocycles. The molecule has 0 unspecified atom stereocenters. The van der Waals surface area contributed by atoms with E-state index in [9.17, 15) is 10.1 Å². The number of benzene rings is 1. The van der Waals surface area contributed by atoms with Gasteiger partial charge in [-0.1, -0.05) is 11.6 Å². The van der Waals surface area contributed by atoms with Crippen LogP contribution < -0.4 is 5.32 Å². The monoisotopic (exact) mass is 306 g/mol. The summed E-state index contributed by atoms with van der Waals surface area (Å²) in [5.41, 5.74) is 0.721. The third-order valence-electron chi connectivity index (χ3n) is 5.71. The van der Waals surface area contributed by atoms with Crippen LogP contribution in [0.5, 0.6) is 0 Å². The Kier molecular flexibility index (Phi) is 3.10. The molecule has 0 amide bonds. The predicted molar refractivity (Wildman–Crippen MR) is 82.6 cm³/mol. The van der Waals surface area contributed by atoms with E-state index in [4.69, 9.17) is 11.6 Å². The van der Waals surface area contributed by atoms with Crippen molar-refractivity contribution < 1.29 is 4.92 Å². The number of anilines is 1. The predicted octanol–water partition coefficient (Wildman–Crippen LogP) is 4.48. The lowest BCUT2D eigenvalue weighted by Crippen LogP contribution is -2.51. The van der Waals surface area contributed by atoms with Gasteiger partial charge in [0, 0.05) is 17.1 Å². The Balaban J connectivity index is 1.60. The van der Waals surface area contributed by atoms with Crippen LogP contribution in [0.4, 0.5) is 11.4 Å². The van der Waals surface area contributed by atoms with Gasteiger partial charge < -0.3 is 5.32 Å². The summed E-state index contributed by atoms with van der Waals surface area (Å²) in [5, 5.41) is 15.1. The Morgan fingerprint density at radius 3 is 2.29 bits per heavy atom. The van der Waals surface area contributed by atoms with Crippen LogP contribution in [0.3, 0.4) is 0 Å². The standard InChI is InChI=1S/C16H19ClN2O2/c17-13-1-2-14(15(8-13)19(20)21)18-16-11-4-9-3-10(6-11)7-12(16)5-9/h1-2,8-12,16,18H,3-7H2. The second kappa shape index (κ2) is 4.87. The molecule has 0 heterocycles. The van der Waals surface area contributed by atoms with Gasteiger partial charge in [0.15, 0.2) is 0 Å². The normalized spacial score (nSPS) is 36.7. The molecule has 0 spiro atoms. The van der Waals surface area contributed by atoms with E-state index in [1.807, 2.05) is 0 Å². The quantitative estimate of drug-likeness (QED) is 0.661. The number of hydrogen-bond acceptors (Lipinski definition) is 3. The Morgan fingerprint density at radius 2 is 1.71 bits per heavy atom. The number of nitrogens with one attached hydrogen (secondary N) is 1. The van der Waals surface area contributed by atoms with Gasteiger partial charge in [-0.15, -0.1) is 0 Å². The largest absolute Gasteiger partial charge is 0.376 e. The lowest BCUT2D eigenvalue weighted by atomic mass is 9.54. The Morgan fingerprint density at radius 1 is 1.10 bits per heavy atom. The zero-order chi connectivity index (χ0) is 14.6. The lowest BCUT2D eigenvalue weighted by molar-refractivity contribution is -0.384. The zero-order valence-electron chi connectivity index (χ0n) is 11.8. The van der Waals surface area contributed by atoms with Crippen molar-refractivity contribution in [2.24, 2.45) is 23.7 Å². The summed E-state index contributed by atoms with van der Waals surface area (Å²) in [6.45, 7) is 0. The molecule has 4 aliphatic carbocycles. The van der Waals surface area contributed by atoms with E-state index < -0.39 is 0 Å². The molecule has 4 bridgehead atoms. The number of nitrogens with zero attached hydrogens (tertiary/aromatic N) is 1. The van der Waals surface area contributed by atoms with Crippen LogP contribution in [0, 0.1) is 33.8 Å². The number of halogens is 1. The smallest absolute Gasteiger partial charge is 0.293 e. The van der Waals surface area contributed by atoms with E-state index in [1.165, 1.54) is 38.2 Å². The first-order chi connectivity index (χ1) is 10.1. The molecule has 0 aromatic heterocycles. The highest BCUT2D eigenvalue weighted by atomic mass is 35.5. The fourth-order valence-electron chi connectivity index (χ4n) is 5.12. The number of hydrogen-bond donors (Lipinski definition) is 1. The maximum atomic E-state index is 11.2. The van der Waals surface area contributed by atoms with E-state index in [1.54, 1.807) is 12.1 Å². The second-order valence-electron chi connectivity index (χ2n) is 7.02. The molecule has 1 aromatic carbocycles. The van der Waals surface area contributed by atoms with Crippen LogP contribution in [0.2, 0.25) is 5.02 Å². The van der Waals surface area contributed by atoms with Crippen LogP contribution in [-0.2, 0) is 0 Å². The molecule has 0 aliphatic heterocycles. The minimum atomic E-state index is -0.343. The molecule has 4 nitrogen and oxygen atoms in total. The molecule has 21 heavy (non-hydrogen) atoms. The molecule has 1 aromatic rings. The molecule has 0 radical (unpaired) electrons. The molecular formula is C16H19ClN2O2. The maximum absolute atomic E-state index is 11.2. The first-order valence-electron chi connectivity index (χ1n) is 7.80. The van der Waals surface area contributed by atoms with Crippen LogP contribution in [0.1, 0.15) is 32.1 Å². The van der Waals surface area contributed by atoms with Crippen molar-refractivity contribution in [1.29, 1.82) is 0 Å². The van der Waals surface area contributed by atoms with Gasteiger partial charge >= 0.3 is 0 Å². The topological polar surface area (TPSA) is 55.2 Å². The number of nitro groups is 1. The average Bonchev–Trinajstić information content (AvgIpc) is 2.43. The highest BCUT2D eigenvalue weighted by Crippen LogP contribution is 2.54. The van der Waals surface area contributed by atoms with Crippen molar-refractivity contribution in [3.05, 3.63) is 33.3 Å². The molecule has 5 rings (SSSR count). The Labute approximate surface area is 129 Å². The molecule has 0 saturated heterocycles. The maximum Gasteiger partial charge on any atom is 0.293 e. The molecule has 112 valence electrons. The van der Waals surface area contributed by atoms with Gasteiger partial charge in [-0.25, -0.2) is 0 Å². The number of rotatable bonds is 3. The van der Waals surface area contributed by atoms with Gasteiger partial charge in [-0.2, -0.15) is 0 Å². The van der Waals surface area contributed by atoms with Crippen molar-refractivity contribution in [3.63, 3.8) is 0 Å². The summed E-state index contributed by atoms with van der Waals surface area (Å²) >= 11 is 5.89. The van der Waals surface area contributed by atoms with Crippen molar-refractivity contribution >= 4 is 23.0 Å². The third kappa shape index (κ3) is 2.30. The van der Waals surface area contributed by atoms with Crippen molar-refractivity contribution in [2.45, 2.75) is 38.1 Å². The van der Waals surface area contributed by atoms with Crippen molar-refractivity contribution in [3.8, 4) is 0 Å². The minimum absolute atomic E-state index is 0.0938. The van der Waals surface area contributed by atoms with E-state index in [0.29, 0.717) is 28.6 Å². The highest BCUT2D eigenvalue weighted by Gasteiger charge is 2.48. The third-order valence-corrected chi connectivity index (χ3v) is 5.94. The molecule has 1 N–H and O–H groups in total. The fourth-order valence-corrected chi connectivity index (χ4v) is 5.28. The SMILES string of the molecule is O=[N+]([O-])c1cc(Cl)ccc1NC1C2CC3CC(C2)CC1C3. The van der Waals surface area contributed by atoms with Crippen molar-refractivity contribution in [2.75, 3.05) is 5.32 Å². The Hall–Kier alpha value is -1.29. The van der Waals surface area contributed by atoms with E-state index in [2.05, 4.69) is 5.32 Å². The van der Waals surface area contributed by atoms with Crippen LogP contribution >= 0.6 is 11.6 Å². The van der Waals surface area contributed by atoms with Gasteiger partial charge in [0.1, 0.15) is 5.69 Å². The molecule has 0 atom stereocenters. The second-order valence-corrected chi connectivity index (χ2v) is 7.46. The summed E-state index contributed by atoms with van der Waals surface area (Å²) in [4.78, 5) is 10.9. The summed E-state index contributed by atoms with van der Waals surface area (Å²) in [5.74, 6) is 3.20. The molecular weight excluding hydrogens is 288 g/mol. The molecule has 4 aliphatic rings. The first kappa shape index (κ1) is 13.4. The van der Waals surface area contributed by atoms with Gasteiger partial charge in [0.05, 0.1) is 4.92 Å². The molecule has 5 heteroatoms. The summed E-state index contributed by atoms with van der Waals surface area (Å²) in [7, 11) is 0. The van der Waals surface area contributed by atoms with Crippen LogP contribution in [0.25, 0.3) is 0 Å². The Bertz CT molecular complexity index is 562. The molecule has 4 fully saturated rings.